The van der Waals surface area contributed by atoms with Crippen molar-refractivity contribution in [1.29, 1.82) is 0 Å². The number of halogens is 4. The van der Waals surface area contributed by atoms with Gasteiger partial charge in [0.25, 0.3) is 5.91 Å². The predicted octanol–water partition coefficient (Wildman–Crippen LogP) is 4.44. The van der Waals surface area contributed by atoms with E-state index in [0.29, 0.717) is 21.6 Å². The molecule has 4 aromatic rings. The molecule has 162 valence electrons. The van der Waals surface area contributed by atoms with E-state index in [1.165, 1.54) is 18.3 Å². The van der Waals surface area contributed by atoms with Gasteiger partial charge in [-0.3, -0.25) is 4.79 Å². The van der Waals surface area contributed by atoms with Crippen LogP contribution < -0.4 is 14.8 Å². The maximum absolute atomic E-state index is 13.8. The number of hydrogen-bond donors (Lipinski definition) is 1. The van der Waals surface area contributed by atoms with Gasteiger partial charge in [-0.2, -0.15) is 18.3 Å². The van der Waals surface area contributed by atoms with E-state index in [1.54, 1.807) is 18.2 Å². The lowest BCUT2D eigenvalue weighted by Gasteiger charge is -2.11. The van der Waals surface area contributed by atoms with E-state index in [2.05, 4.69) is 20.4 Å². The third kappa shape index (κ3) is 3.56. The third-order valence-corrected chi connectivity index (χ3v) is 4.93. The number of fused-ring (bicyclic) bond motifs is 2. The zero-order valence-electron chi connectivity index (χ0n) is 15.9. The number of benzene rings is 1. The topological polar surface area (TPSA) is 90.6 Å². The van der Waals surface area contributed by atoms with E-state index in [4.69, 9.17) is 21.1 Å². The molecule has 0 saturated heterocycles. The number of rotatable bonds is 3. The first kappa shape index (κ1) is 20.1. The fraction of sp³-hybridized carbons (Fsp3) is 0.100. The summed E-state index contributed by atoms with van der Waals surface area (Å²) in [5.74, 6) is 0.131. The van der Waals surface area contributed by atoms with Gasteiger partial charge in [0.2, 0.25) is 6.79 Å². The van der Waals surface area contributed by atoms with Crippen LogP contribution in [0.5, 0.6) is 11.5 Å². The maximum atomic E-state index is 13.8. The van der Waals surface area contributed by atoms with Gasteiger partial charge in [0.1, 0.15) is 0 Å². The van der Waals surface area contributed by atoms with Crippen LogP contribution in [-0.2, 0) is 6.18 Å². The highest BCUT2D eigenvalue weighted by atomic mass is 35.5. The van der Waals surface area contributed by atoms with Crippen LogP contribution in [0.3, 0.4) is 0 Å². The minimum absolute atomic E-state index is 0.0289. The van der Waals surface area contributed by atoms with Crippen LogP contribution in [0.2, 0.25) is 5.15 Å². The molecule has 3 aromatic heterocycles. The van der Waals surface area contributed by atoms with Gasteiger partial charge in [0.05, 0.1) is 11.4 Å². The van der Waals surface area contributed by atoms with Crippen LogP contribution in [0.4, 0.5) is 18.9 Å². The highest BCUT2D eigenvalue weighted by Crippen LogP contribution is 2.37. The Morgan fingerprint density at radius 2 is 1.94 bits per heavy atom. The summed E-state index contributed by atoms with van der Waals surface area (Å²) in [6.07, 6.45) is -3.32. The molecule has 8 nitrogen and oxygen atoms in total. The molecule has 4 heterocycles. The first-order valence-corrected chi connectivity index (χ1v) is 9.47. The number of alkyl halides is 3. The lowest BCUT2D eigenvalue weighted by Crippen LogP contribution is -2.16. The van der Waals surface area contributed by atoms with Crippen molar-refractivity contribution in [3.05, 3.63) is 65.2 Å². The van der Waals surface area contributed by atoms with Crippen molar-refractivity contribution in [3.63, 3.8) is 0 Å². The second kappa shape index (κ2) is 7.38. The number of hydrogen-bond acceptors (Lipinski definition) is 6. The van der Waals surface area contributed by atoms with Crippen molar-refractivity contribution < 1.29 is 27.4 Å². The van der Waals surface area contributed by atoms with E-state index in [-0.39, 0.29) is 34.7 Å². The standard InChI is InChI=1S/C20H11ClF3N5O3/c21-18-11(2-1-5-25-18)27-19(30)13-8-17-26-12(7-16(20(22,23)24)29(17)28-13)10-3-4-14-15(6-10)32-9-31-14/h1-8H,9H2,(H,27,30). The lowest BCUT2D eigenvalue weighted by atomic mass is 10.1. The van der Waals surface area contributed by atoms with Gasteiger partial charge in [0.15, 0.2) is 33.7 Å². The van der Waals surface area contributed by atoms with Crippen LogP contribution in [0, 0.1) is 0 Å². The van der Waals surface area contributed by atoms with E-state index in [1.807, 2.05) is 0 Å². The molecular weight excluding hydrogens is 451 g/mol. The molecular formula is C20H11ClF3N5O3. The molecule has 32 heavy (non-hydrogen) atoms. The first-order valence-electron chi connectivity index (χ1n) is 9.09. The molecule has 0 aliphatic carbocycles. The Morgan fingerprint density at radius 3 is 2.72 bits per heavy atom. The quantitative estimate of drug-likeness (QED) is 0.453. The van der Waals surface area contributed by atoms with Crippen molar-refractivity contribution in [2.75, 3.05) is 12.1 Å². The van der Waals surface area contributed by atoms with E-state index in [0.717, 1.165) is 12.1 Å². The number of aromatic nitrogens is 4. The second-order valence-electron chi connectivity index (χ2n) is 6.69. The van der Waals surface area contributed by atoms with Crippen molar-refractivity contribution in [3.8, 4) is 22.8 Å². The maximum Gasteiger partial charge on any atom is 0.433 e. The number of nitrogens with zero attached hydrogens (tertiary/aromatic N) is 4. The van der Waals surface area contributed by atoms with Crippen LogP contribution >= 0.6 is 11.6 Å². The molecule has 0 bridgehead atoms. The van der Waals surface area contributed by atoms with Gasteiger partial charge in [-0.05, 0) is 36.4 Å². The van der Waals surface area contributed by atoms with Crippen LogP contribution in [0.1, 0.15) is 16.2 Å². The summed E-state index contributed by atoms with van der Waals surface area (Å²) in [5.41, 5.74) is -0.905. The zero-order chi connectivity index (χ0) is 22.5. The lowest BCUT2D eigenvalue weighted by molar-refractivity contribution is -0.142. The minimum Gasteiger partial charge on any atom is -0.454 e. The molecule has 1 aromatic carbocycles. The fourth-order valence-electron chi connectivity index (χ4n) is 3.16. The minimum atomic E-state index is -4.75. The Balaban J connectivity index is 1.58. The third-order valence-electron chi connectivity index (χ3n) is 4.63. The van der Waals surface area contributed by atoms with Crippen molar-refractivity contribution in [1.82, 2.24) is 19.6 Å². The van der Waals surface area contributed by atoms with Gasteiger partial charge in [-0.15, -0.1) is 0 Å². The number of carbonyl (C=O) groups excluding carboxylic acids is 1. The summed E-state index contributed by atoms with van der Waals surface area (Å²) in [6, 6.07) is 9.76. The molecule has 0 fully saturated rings. The molecule has 0 radical (unpaired) electrons. The largest absolute Gasteiger partial charge is 0.454 e. The van der Waals surface area contributed by atoms with E-state index >= 15 is 0 Å². The van der Waals surface area contributed by atoms with E-state index in [9.17, 15) is 18.0 Å². The first-order chi connectivity index (χ1) is 15.3. The van der Waals surface area contributed by atoms with Gasteiger partial charge in [-0.25, -0.2) is 14.5 Å². The van der Waals surface area contributed by atoms with Crippen molar-refractivity contribution in [2.45, 2.75) is 6.18 Å². The highest BCUT2D eigenvalue weighted by Gasteiger charge is 2.36. The second-order valence-corrected chi connectivity index (χ2v) is 7.05. The van der Waals surface area contributed by atoms with Crippen LogP contribution in [0.25, 0.3) is 16.9 Å². The molecule has 0 unspecified atom stereocenters. The van der Waals surface area contributed by atoms with Crippen LogP contribution in [0.15, 0.2) is 48.7 Å². The number of carbonyl (C=O) groups is 1. The van der Waals surface area contributed by atoms with E-state index < -0.39 is 17.8 Å². The molecule has 0 saturated carbocycles. The Kier molecular flexibility index (Phi) is 4.63. The van der Waals surface area contributed by atoms with Gasteiger partial charge < -0.3 is 14.8 Å². The molecule has 5 rings (SSSR count). The molecule has 1 amide bonds. The Bertz CT molecular complexity index is 1370. The summed E-state index contributed by atoms with van der Waals surface area (Å²) in [5, 5.41) is 6.31. The Hall–Kier alpha value is -3.86. The predicted molar refractivity (Wildman–Crippen MR) is 107 cm³/mol. The molecule has 1 aliphatic heterocycles. The number of amides is 1. The molecule has 1 aliphatic rings. The SMILES string of the molecule is O=C(Nc1cccnc1Cl)c1cc2nc(-c3ccc4c(c3)OCO4)cc(C(F)(F)F)n2n1. The van der Waals surface area contributed by atoms with Crippen molar-refractivity contribution >= 4 is 28.8 Å². The Morgan fingerprint density at radius 1 is 1.12 bits per heavy atom. The smallest absolute Gasteiger partial charge is 0.433 e. The molecule has 1 N–H and O–H groups in total. The monoisotopic (exact) mass is 461 g/mol. The normalized spacial score (nSPS) is 12.9. The number of nitrogens with one attached hydrogen (secondary N) is 1. The summed E-state index contributed by atoms with van der Waals surface area (Å²) in [6.45, 7) is 0.0289. The molecule has 12 heteroatoms. The molecule has 0 spiro atoms. The zero-order valence-corrected chi connectivity index (χ0v) is 16.6. The Labute approximate surface area is 182 Å². The average molecular weight is 462 g/mol. The molecule has 0 atom stereocenters. The summed E-state index contributed by atoms with van der Waals surface area (Å²) >= 11 is 5.92. The number of anilines is 1. The van der Waals surface area contributed by atoms with Gasteiger partial charge in [-0.1, -0.05) is 11.6 Å². The van der Waals surface area contributed by atoms with Crippen LogP contribution in [-0.4, -0.2) is 32.3 Å². The number of pyridine rings is 1. The average Bonchev–Trinajstić information content (AvgIpc) is 3.40. The summed E-state index contributed by atoms with van der Waals surface area (Å²) in [7, 11) is 0. The fourth-order valence-corrected chi connectivity index (χ4v) is 3.32. The summed E-state index contributed by atoms with van der Waals surface area (Å²) in [4.78, 5) is 20.7. The summed E-state index contributed by atoms with van der Waals surface area (Å²) < 4.78 is 52.4. The van der Waals surface area contributed by atoms with Gasteiger partial charge >= 0.3 is 6.18 Å². The number of ether oxygens (including phenoxy) is 2. The highest BCUT2D eigenvalue weighted by molar-refractivity contribution is 6.32. The van der Waals surface area contributed by atoms with Gasteiger partial charge in [0, 0.05) is 17.8 Å². The van der Waals surface area contributed by atoms with Crippen molar-refractivity contribution in [2.24, 2.45) is 0 Å².